The molecule has 0 unspecified atom stereocenters. The zero-order chi connectivity index (χ0) is 13.8. The Balaban J connectivity index is 2.13. The van der Waals surface area contributed by atoms with E-state index in [4.69, 9.17) is 0 Å². The van der Waals surface area contributed by atoms with E-state index in [1.165, 1.54) is 0 Å². The molecule has 0 saturated carbocycles. The van der Waals surface area contributed by atoms with Crippen LogP contribution in [-0.2, 0) is 0 Å². The van der Waals surface area contributed by atoms with Gasteiger partial charge in [0, 0.05) is 24.9 Å². The van der Waals surface area contributed by atoms with Crippen LogP contribution in [0.2, 0.25) is 0 Å². The van der Waals surface area contributed by atoms with Crippen molar-refractivity contribution in [1.82, 2.24) is 15.0 Å². The van der Waals surface area contributed by atoms with Crippen LogP contribution in [0.3, 0.4) is 0 Å². The maximum atomic E-state index is 4.61. The van der Waals surface area contributed by atoms with Crippen molar-refractivity contribution in [2.45, 2.75) is 0 Å². The Morgan fingerprint density at radius 1 is 0.850 bits per heavy atom. The number of anilines is 1. The second-order valence-electron chi connectivity index (χ2n) is 4.29. The van der Waals surface area contributed by atoms with Gasteiger partial charge in [0.15, 0.2) is 5.82 Å². The van der Waals surface area contributed by atoms with E-state index in [0.29, 0.717) is 5.82 Å². The van der Waals surface area contributed by atoms with Gasteiger partial charge in [-0.25, -0.2) is 9.97 Å². The molecule has 0 fully saturated rings. The molecule has 0 aliphatic carbocycles. The van der Waals surface area contributed by atoms with Gasteiger partial charge in [-0.3, -0.25) is 4.98 Å². The van der Waals surface area contributed by atoms with Crippen molar-refractivity contribution in [1.29, 1.82) is 0 Å². The molecule has 3 aromatic rings. The summed E-state index contributed by atoms with van der Waals surface area (Å²) in [6.45, 7) is 0. The van der Waals surface area contributed by atoms with Crippen molar-refractivity contribution in [3.63, 3.8) is 0 Å². The molecule has 2 heterocycles. The first kappa shape index (κ1) is 12.3. The first-order valence-corrected chi connectivity index (χ1v) is 6.40. The van der Waals surface area contributed by atoms with Crippen molar-refractivity contribution >= 4 is 5.82 Å². The van der Waals surface area contributed by atoms with Gasteiger partial charge in [0.1, 0.15) is 5.82 Å². The smallest absolute Gasteiger partial charge is 0.162 e. The number of hydrogen-bond donors (Lipinski definition) is 1. The first-order chi connectivity index (χ1) is 9.86. The summed E-state index contributed by atoms with van der Waals surface area (Å²) in [7, 11) is 1.85. The average Bonchev–Trinajstić information content (AvgIpc) is 2.56. The van der Waals surface area contributed by atoms with E-state index in [1.54, 1.807) is 6.20 Å². The largest absolute Gasteiger partial charge is 0.373 e. The topological polar surface area (TPSA) is 50.7 Å². The molecule has 1 aromatic carbocycles. The summed E-state index contributed by atoms with van der Waals surface area (Å²) in [5.74, 6) is 1.47. The minimum atomic E-state index is 0.693. The van der Waals surface area contributed by atoms with E-state index in [0.717, 1.165) is 22.8 Å². The number of pyridine rings is 1. The predicted octanol–water partition coefficient (Wildman–Crippen LogP) is 3.25. The Hall–Kier alpha value is -2.75. The van der Waals surface area contributed by atoms with E-state index in [2.05, 4.69) is 20.3 Å². The van der Waals surface area contributed by atoms with Crippen LogP contribution < -0.4 is 5.32 Å². The minimum absolute atomic E-state index is 0.693. The van der Waals surface area contributed by atoms with Gasteiger partial charge in [0.25, 0.3) is 0 Å². The lowest BCUT2D eigenvalue weighted by atomic mass is 10.2. The average molecular weight is 262 g/mol. The van der Waals surface area contributed by atoms with Crippen LogP contribution in [0.4, 0.5) is 5.82 Å². The standard InChI is InChI=1S/C16H14N4/c1-17-15-11-14(13-9-5-6-10-18-13)19-16(20-15)12-7-3-2-4-8-12/h2-11H,1H3,(H,17,19,20). The fourth-order valence-corrected chi connectivity index (χ4v) is 1.94. The van der Waals surface area contributed by atoms with Crippen molar-refractivity contribution in [2.75, 3.05) is 12.4 Å². The Kier molecular flexibility index (Phi) is 3.37. The van der Waals surface area contributed by atoms with E-state index in [9.17, 15) is 0 Å². The number of rotatable bonds is 3. The summed E-state index contributed by atoms with van der Waals surface area (Å²) in [4.78, 5) is 13.4. The van der Waals surface area contributed by atoms with Gasteiger partial charge in [-0.15, -0.1) is 0 Å². The third-order valence-corrected chi connectivity index (χ3v) is 2.94. The molecule has 2 aromatic heterocycles. The molecular weight excluding hydrogens is 248 g/mol. The molecule has 0 saturated heterocycles. The van der Waals surface area contributed by atoms with Crippen LogP contribution in [-0.4, -0.2) is 22.0 Å². The molecule has 20 heavy (non-hydrogen) atoms. The van der Waals surface area contributed by atoms with E-state index < -0.39 is 0 Å². The molecule has 4 nitrogen and oxygen atoms in total. The Morgan fingerprint density at radius 2 is 1.65 bits per heavy atom. The number of nitrogens with one attached hydrogen (secondary N) is 1. The van der Waals surface area contributed by atoms with Gasteiger partial charge in [-0.1, -0.05) is 36.4 Å². The van der Waals surface area contributed by atoms with Crippen LogP contribution in [0.15, 0.2) is 60.8 Å². The van der Waals surface area contributed by atoms with Gasteiger partial charge in [0.2, 0.25) is 0 Å². The van der Waals surface area contributed by atoms with Crippen molar-refractivity contribution < 1.29 is 0 Å². The number of hydrogen-bond acceptors (Lipinski definition) is 4. The highest BCUT2D eigenvalue weighted by atomic mass is 15.0. The summed E-state index contributed by atoms with van der Waals surface area (Å²) in [6.07, 6.45) is 1.76. The van der Waals surface area contributed by atoms with E-state index in [1.807, 2.05) is 61.6 Å². The molecule has 1 N–H and O–H groups in total. The van der Waals surface area contributed by atoms with Gasteiger partial charge in [0.05, 0.1) is 11.4 Å². The third kappa shape index (κ3) is 2.49. The highest BCUT2D eigenvalue weighted by molar-refractivity contribution is 5.65. The summed E-state index contributed by atoms with van der Waals surface area (Å²) >= 11 is 0. The van der Waals surface area contributed by atoms with Crippen LogP contribution in [0.5, 0.6) is 0 Å². The van der Waals surface area contributed by atoms with Crippen molar-refractivity contribution in [3.05, 3.63) is 60.8 Å². The molecule has 0 bridgehead atoms. The van der Waals surface area contributed by atoms with E-state index in [-0.39, 0.29) is 0 Å². The van der Waals surface area contributed by atoms with Gasteiger partial charge in [-0.2, -0.15) is 0 Å². The Morgan fingerprint density at radius 3 is 2.35 bits per heavy atom. The maximum Gasteiger partial charge on any atom is 0.162 e. The molecule has 0 spiro atoms. The van der Waals surface area contributed by atoms with E-state index >= 15 is 0 Å². The first-order valence-electron chi connectivity index (χ1n) is 6.40. The van der Waals surface area contributed by atoms with Crippen LogP contribution in [0.25, 0.3) is 22.8 Å². The molecule has 3 rings (SSSR count). The monoisotopic (exact) mass is 262 g/mol. The summed E-state index contributed by atoms with van der Waals surface area (Å²) < 4.78 is 0. The van der Waals surface area contributed by atoms with Crippen molar-refractivity contribution in [3.8, 4) is 22.8 Å². The third-order valence-electron chi connectivity index (χ3n) is 2.94. The Labute approximate surface area is 117 Å². The highest BCUT2D eigenvalue weighted by Crippen LogP contribution is 2.22. The molecule has 0 aliphatic rings. The van der Waals surface area contributed by atoms with Crippen molar-refractivity contribution in [2.24, 2.45) is 0 Å². The summed E-state index contributed by atoms with van der Waals surface area (Å²) in [5.41, 5.74) is 2.63. The fourth-order valence-electron chi connectivity index (χ4n) is 1.94. The lowest BCUT2D eigenvalue weighted by molar-refractivity contribution is 1.15. The van der Waals surface area contributed by atoms with Crippen LogP contribution in [0, 0.1) is 0 Å². The molecule has 4 heteroatoms. The molecule has 98 valence electrons. The quantitative estimate of drug-likeness (QED) is 0.787. The normalized spacial score (nSPS) is 10.2. The zero-order valence-electron chi connectivity index (χ0n) is 11.1. The lowest BCUT2D eigenvalue weighted by Gasteiger charge is -2.07. The zero-order valence-corrected chi connectivity index (χ0v) is 11.1. The number of benzene rings is 1. The second-order valence-corrected chi connectivity index (χ2v) is 4.29. The van der Waals surface area contributed by atoms with Gasteiger partial charge >= 0.3 is 0 Å². The maximum absolute atomic E-state index is 4.61. The van der Waals surface area contributed by atoms with Gasteiger partial charge in [-0.05, 0) is 12.1 Å². The second kappa shape index (κ2) is 5.48. The van der Waals surface area contributed by atoms with Crippen LogP contribution in [0.1, 0.15) is 0 Å². The molecule has 0 aliphatic heterocycles. The molecule has 0 radical (unpaired) electrons. The molecule has 0 amide bonds. The van der Waals surface area contributed by atoms with Gasteiger partial charge < -0.3 is 5.32 Å². The SMILES string of the molecule is CNc1cc(-c2ccccn2)nc(-c2ccccc2)n1. The molecular formula is C16H14N4. The number of nitrogens with zero attached hydrogens (tertiary/aromatic N) is 3. The summed E-state index contributed by atoms with van der Waals surface area (Å²) in [6, 6.07) is 17.6. The number of aromatic nitrogens is 3. The molecule has 0 atom stereocenters. The minimum Gasteiger partial charge on any atom is -0.373 e. The highest BCUT2D eigenvalue weighted by Gasteiger charge is 2.08. The predicted molar refractivity (Wildman–Crippen MR) is 80.2 cm³/mol. The van der Waals surface area contributed by atoms with Crippen LogP contribution >= 0.6 is 0 Å². The summed E-state index contributed by atoms with van der Waals surface area (Å²) in [5, 5.41) is 3.07. The fraction of sp³-hybridized carbons (Fsp3) is 0.0625. The lowest BCUT2D eigenvalue weighted by Crippen LogP contribution is -1.99. The Bertz CT molecular complexity index is 638.